The van der Waals surface area contributed by atoms with Gasteiger partial charge in [0.2, 0.25) is 0 Å². The molecule has 0 saturated heterocycles. The number of H-pyrrole nitrogens is 1. The molecular weight excluding hydrogens is 183 g/mol. The van der Waals surface area contributed by atoms with Crippen LogP contribution in [0.2, 0.25) is 0 Å². The van der Waals surface area contributed by atoms with Gasteiger partial charge in [-0.1, -0.05) is 0 Å². The van der Waals surface area contributed by atoms with Crippen LogP contribution in [0.5, 0.6) is 0 Å². The molecule has 0 unspecified atom stereocenters. The fourth-order valence-electron chi connectivity index (χ4n) is 1.57. The molecule has 2 nitrogen and oxygen atoms in total. The van der Waals surface area contributed by atoms with Crippen LogP contribution in [0.25, 0.3) is 0 Å². The normalized spacial score (nSPS) is 16.4. The molecular formula is C8H6F3NO. The number of Topliss-reactive ketones (excluding diaryl/α,β-unsaturated/α-hetero) is 1. The molecule has 1 aliphatic carbocycles. The van der Waals surface area contributed by atoms with Crippen molar-refractivity contribution < 1.29 is 18.0 Å². The molecule has 0 bridgehead atoms. The highest BCUT2D eigenvalue weighted by Crippen LogP contribution is 2.36. The largest absolute Gasteiger partial charge is 0.418 e. The Morgan fingerprint density at radius 2 is 2.00 bits per heavy atom. The van der Waals surface area contributed by atoms with Gasteiger partial charge in [0.1, 0.15) is 0 Å². The van der Waals surface area contributed by atoms with E-state index in [-0.39, 0.29) is 12.0 Å². The number of hydrogen-bond donors (Lipinski definition) is 1. The lowest BCUT2D eigenvalue weighted by molar-refractivity contribution is -0.137. The van der Waals surface area contributed by atoms with Gasteiger partial charge in [0.15, 0.2) is 5.78 Å². The Hall–Kier alpha value is -1.26. The number of aromatic nitrogens is 1. The maximum atomic E-state index is 12.3. The molecule has 0 saturated carbocycles. The Bertz CT molecular complexity index is 364. The molecule has 0 aromatic carbocycles. The second-order valence-electron chi connectivity index (χ2n) is 2.98. The van der Waals surface area contributed by atoms with E-state index in [0.717, 1.165) is 6.20 Å². The van der Waals surface area contributed by atoms with Crippen molar-refractivity contribution in [2.75, 3.05) is 0 Å². The average molecular weight is 189 g/mol. The first-order valence-electron chi connectivity index (χ1n) is 3.81. The smallest absolute Gasteiger partial charge is 0.364 e. The molecule has 13 heavy (non-hydrogen) atoms. The van der Waals surface area contributed by atoms with E-state index in [2.05, 4.69) is 4.98 Å². The van der Waals surface area contributed by atoms with Crippen molar-refractivity contribution in [2.45, 2.75) is 19.0 Å². The summed E-state index contributed by atoms with van der Waals surface area (Å²) in [5.74, 6) is -0.413. The van der Waals surface area contributed by atoms with Gasteiger partial charge in [0.25, 0.3) is 0 Å². The van der Waals surface area contributed by atoms with E-state index in [9.17, 15) is 18.0 Å². The molecule has 0 fully saturated rings. The number of nitrogens with one attached hydrogen (secondary N) is 1. The van der Waals surface area contributed by atoms with Crippen LogP contribution in [0, 0.1) is 0 Å². The standard InChI is InChI=1S/C8H6F3NO/c9-8(10,11)4-3-12-5-1-2-6(13)7(4)5/h3,12H,1-2H2. The van der Waals surface area contributed by atoms with Crippen molar-refractivity contribution in [3.8, 4) is 0 Å². The summed E-state index contributed by atoms with van der Waals surface area (Å²) in [5, 5.41) is 0. The lowest BCUT2D eigenvalue weighted by Crippen LogP contribution is -2.08. The molecule has 0 aliphatic heterocycles. The first kappa shape index (κ1) is 8.34. The lowest BCUT2D eigenvalue weighted by atomic mass is 10.1. The number of carbonyl (C=O) groups excluding carboxylic acids is 1. The minimum Gasteiger partial charge on any atom is -0.364 e. The van der Waals surface area contributed by atoms with Crippen molar-refractivity contribution in [1.29, 1.82) is 0 Å². The summed E-state index contributed by atoms with van der Waals surface area (Å²) < 4.78 is 36.8. The zero-order valence-electron chi connectivity index (χ0n) is 6.53. The van der Waals surface area contributed by atoms with Crippen molar-refractivity contribution in [3.05, 3.63) is 23.0 Å². The number of aryl methyl sites for hydroxylation is 1. The SMILES string of the molecule is O=C1CCc2[nH]cc(C(F)(F)F)c21. The predicted molar refractivity (Wildman–Crippen MR) is 38.4 cm³/mol. The van der Waals surface area contributed by atoms with Gasteiger partial charge in [0.05, 0.1) is 11.1 Å². The lowest BCUT2D eigenvalue weighted by Gasteiger charge is -2.04. The predicted octanol–water partition coefficient (Wildman–Crippen LogP) is 2.16. The van der Waals surface area contributed by atoms with Crippen LogP contribution in [0.1, 0.15) is 28.0 Å². The number of carbonyl (C=O) groups is 1. The van der Waals surface area contributed by atoms with Crippen molar-refractivity contribution >= 4 is 5.78 Å². The number of aromatic amines is 1. The van der Waals surface area contributed by atoms with Crippen LogP contribution < -0.4 is 0 Å². The molecule has 0 radical (unpaired) electrons. The summed E-state index contributed by atoms with van der Waals surface area (Å²) in [6.07, 6.45) is -2.98. The monoisotopic (exact) mass is 189 g/mol. The molecule has 1 heterocycles. The van der Waals surface area contributed by atoms with Crippen molar-refractivity contribution in [3.63, 3.8) is 0 Å². The van der Waals surface area contributed by atoms with E-state index in [4.69, 9.17) is 0 Å². The molecule has 5 heteroatoms. The van der Waals surface area contributed by atoms with Gasteiger partial charge in [0, 0.05) is 18.3 Å². The fourth-order valence-corrected chi connectivity index (χ4v) is 1.57. The number of rotatable bonds is 0. The number of fused-ring (bicyclic) bond motifs is 1. The van der Waals surface area contributed by atoms with Crippen LogP contribution in [-0.2, 0) is 12.6 Å². The van der Waals surface area contributed by atoms with Crippen LogP contribution in [0.4, 0.5) is 13.2 Å². The first-order valence-corrected chi connectivity index (χ1v) is 3.81. The quantitative estimate of drug-likeness (QED) is 0.666. The highest BCUT2D eigenvalue weighted by molar-refractivity contribution is 6.01. The van der Waals surface area contributed by atoms with Gasteiger partial charge < -0.3 is 4.98 Å². The van der Waals surface area contributed by atoms with E-state index in [1.165, 1.54) is 0 Å². The summed E-state index contributed by atoms with van der Waals surface area (Å²) in [4.78, 5) is 13.6. The molecule has 0 spiro atoms. The summed E-state index contributed by atoms with van der Waals surface area (Å²) >= 11 is 0. The summed E-state index contributed by atoms with van der Waals surface area (Å²) in [6, 6.07) is 0. The zero-order chi connectivity index (χ0) is 9.64. The number of ketones is 1. The molecule has 0 amide bonds. The van der Waals surface area contributed by atoms with E-state index in [1.807, 2.05) is 0 Å². The third-order valence-corrected chi connectivity index (χ3v) is 2.15. The Morgan fingerprint density at radius 1 is 1.31 bits per heavy atom. The Labute approximate surface area is 71.8 Å². The Balaban J connectivity index is 2.56. The van der Waals surface area contributed by atoms with E-state index in [0.29, 0.717) is 12.1 Å². The molecule has 1 N–H and O–H groups in total. The second-order valence-corrected chi connectivity index (χ2v) is 2.98. The van der Waals surface area contributed by atoms with Gasteiger partial charge in [-0.3, -0.25) is 4.79 Å². The van der Waals surface area contributed by atoms with Gasteiger partial charge in [-0.05, 0) is 6.42 Å². The van der Waals surface area contributed by atoms with Crippen molar-refractivity contribution in [2.24, 2.45) is 0 Å². The summed E-state index contributed by atoms with van der Waals surface area (Å²) in [5.41, 5.74) is -0.574. The number of hydrogen-bond acceptors (Lipinski definition) is 1. The Morgan fingerprint density at radius 3 is 2.62 bits per heavy atom. The third kappa shape index (κ3) is 1.15. The third-order valence-electron chi connectivity index (χ3n) is 2.15. The first-order chi connectivity index (χ1) is 6.00. The fraction of sp³-hybridized carbons (Fsp3) is 0.375. The molecule has 0 atom stereocenters. The highest BCUT2D eigenvalue weighted by Gasteiger charge is 2.39. The van der Waals surface area contributed by atoms with Crippen LogP contribution in [0.15, 0.2) is 6.20 Å². The van der Waals surface area contributed by atoms with Crippen molar-refractivity contribution in [1.82, 2.24) is 4.98 Å². The topological polar surface area (TPSA) is 32.9 Å². The number of alkyl halides is 3. The summed E-state index contributed by atoms with van der Waals surface area (Å²) in [6.45, 7) is 0. The molecule has 70 valence electrons. The Kier molecular flexibility index (Phi) is 1.52. The minimum atomic E-state index is -4.43. The van der Waals surface area contributed by atoms with E-state index in [1.54, 1.807) is 0 Å². The maximum absolute atomic E-state index is 12.3. The van der Waals surface area contributed by atoms with Gasteiger partial charge in [-0.2, -0.15) is 13.2 Å². The highest BCUT2D eigenvalue weighted by atomic mass is 19.4. The van der Waals surface area contributed by atoms with Gasteiger partial charge in [-0.25, -0.2) is 0 Å². The maximum Gasteiger partial charge on any atom is 0.418 e. The van der Waals surface area contributed by atoms with E-state index >= 15 is 0 Å². The van der Waals surface area contributed by atoms with E-state index < -0.39 is 17.5 Å². The zero-order valence-corrected chi connectivity index (χ0v) is 6.53. The number of halogens is 3. The minimum absolute atomic E-state index is 0.160. The van der Waals surface area contributed by atoms with Crippen LogP contribution >= 0.6 is 0 Å². The molecule has 1 aromatic rings. The van der Waals surface area contributed by atoms with Gasteiger partial charge in [-0.15, -0.1) is 0 Å². The van der Waals surface area contributed by atoms with Crippen LogP contribution in [-0.4, -0.2) is 10.8 Å². The second kappa shape index (κ2) is 2.37. The summed E-state index contributed by atoms with van der Waals surface area (Å²) in [7, 11) is 0. The van der Waals surface area contributed by atoms with Gasteiger partial charge >= 0.3 is 6.18 Å². The molecule has 1 aliphatic rings. The molecule has 2 rings (SSSR count). The average Bonchev–Trinajstić information content (AvgIpc) is 2.51. The molecule has 1 aromatic heterocycles. The van der Waals surface area contributed by atoms with Crippen LogP contribution in [0.3, 0.4) is 0 Å².